The Labute approximate surface area is 216 Å². The summed E-state index contributed by atoms with van der Waals surface area (Å²) in [6, 6.07) is 9.71. The molecule has 0 bridgehead atoms. The predicted molar refractivity (Wildman–Crippen MR) is 139 cm³/mol. The van der Waals surface area contributed by atoms with Crippen molar-refractivity contribution >= 4 is 23.1 Å². The minimum absolute atomic E-state index is 0.112. The molecule has 0 aliphatic carbocycles. The molecular formula is C28H34FN3O5. The molecule has 2 aromatic carbocycles. The molecule has 3 rings (SSSR count). The molecule has 9 heteroatoms. The summed E-state index contributed by atoms with van der Waals surface area (Å²) in [7, 11) is 0. The van der Waals surface area contributed by atoms with Gasteiger partial charge in [-0.1, -0.05) is 38.8 Å². The SMILES string of the molecule is CCCCN(CCCC)CCCN1C(=O)C(=O)C(=C(O)c2ccc([N+](=O)[O-])cc2)[C@H]1c1ccc(F)cc1. The van der Waals surface area contributed by atoms with E-state index in [1.54, 1.807) is 0 Å². The number of halogens is 1. The van der Waals surface area contributed by atoms with Crippen LogP contribution in [0.3, 0.4) is 0 Å². The number of Topliss-reactive ketones (excluding diaryl/α,β-unsaturated/α-hetero) is 1. The van der Waals surface area contributed by atoms with Gasteiger partial charge in [0.2, 0.25) is 0 Å². The monoisotopic (exact) mass is 511 g/mol. The quantitative estimate of drug-likeness (QED) is 0.126. The molecule has 1 aliphatic heterocycles. The molecule has 0 spiro atoms. The summed E-state index contributed by atoms with van der Waals surface area (Å²) >= 11 is 0. The molecule has 0 radical (unpaired) electrons. The van der Waals surface area contributed by atoms with Crippen LogP contribution in [-0.4, -0.2) is 57.7 Å². The van der Waals surface area contributed by atoms with Crippen molar-refractivity contribution in [1.29, 1.82) is 0 Å². The number of nitro groups is 1. The molecule has 8 nitrogen and oxygen atoms in total. The minimum Gasteiger partial charge on any atom is -0.507 e. The maximum atomic E-state index is 13.7. The van der Waals surface area contributed by atoms with Crippen molar-refractivity contribution in [2.24, 2.45) is 0 Å². The van der Waals surface area contributed by atoms with Crippen LogP contribution in [0.1, 0.15) is 63.1 Å². The number of rotatable bonds is 13. The van der Waals surface area contributed by atoms with Crippen LogP contribution in [0.2, 0.25) is 0 Å². The standard InChI is InChI=1S/C28H34FN3O5/c1-3-5-16-30(17-6-4-2)18-7-19-31-25(20-8-12-22(29)13-9-20)24(27(34)28(31)35)26(33)21-10-14-23(15-11-21)32(36)37/h8-15,25,33H,3-7,16-19H2,1-2H3/t25-/m1/s1. The first-order chi connectivity index (χ1) is 17.8. The van der Waals surface area contributed by atoms with Gasteiger partial charge >= 0.3 is 0 Å². The van der Waals surface area contributed by atoms with Crippen molar-refractivity contribution in [3.05, 3.63) is 81.2 Å². The number of hydrogen-bond acceptors (Lipinski definition) is 6. The lowest BCUT2D eigenvalue weighted by Crippen LogP contribution is -2.34. The molecular weight excluding hydrogens is 477 g/mol. The van der Waals surface area contributed by atoms with Crippen LogP contribution in [0.5, 0.6) is 0 Å². The van der Waals surface area contributed by atoms with Crippen LogP contribution < -0.4 is 0 Å². The van der Waals surface area contributed by atoms with Crippen LogP contribution >= 0.6 is 0 Å². The molecule has 1 saturated heterocycles. The van der Waals surface area contributed by atoms with E-state index in [0.29, 0.717) is 18.5 Å². The number of non-ortho nitro benzene ring substituents is 1. The number of benzene rings is 2. The number of nitro benzene ring substituents is 1. The summed E-state index contributed by atoms with van der Waals surface area (Å²) in [5.41, 5.74) is 0.404. The van der Waals surface area contributed by atoms with Gasteiger partial charge in [-0.3, -0.25) is 19.7 Å². The van der Waals surface area contributed by atoms with E-state index in [0.717, 1.165) is 45.3 Å². The molecule has 0 saturated carbocycles. The van der Waals surface area contributed by atoms with Crippen LogP contribution in [0.15, 0.2) is 54.1 Å². The Balaban J connectivity index is 1.92. The van der Waals surface area contributed by atoms with Gasteiger partial charge < -0.3 is 14.9 Å². The molecule has 0 aromatic heterocycles. The molecule has 1 atom stereocenters. The van der Waals surface area contributed by atoms with Gasteiger partial charge in [0.1, 0.15) is 11.6 Å². The lowest BCUT2D eigenvalue weighted by atomic mass is 9.95. The second-order valence-electron chi connectivity index (χ2n) is 9.25. The minimum atomic E-state index is -0.893. The first kappa shape index (κ1) is 28.0. The Bertz CT molecular complexity index is 1120. The van der Waals surface area contributed by atoms with E-state index >= 15 is 0 Å². The fraction of sp³-hybridized carbons (Fsp3) is 0.429. The molecule has 37 heavy (non-hydrogen) atoms. The summed E-state index contributed by atoms with van der Waals surface area (Å²) in [5, 5.41) is 22.1. The Hall–Kier alpha value is -3.59. The number of ketones is 1. The second-order valence-corrected chi connectivity index (χ2v) is 9.25. The highest BCUT2D eigenvalue weighted by Crippen LogP contribution is 2.39. The number of aliphatic hydroxyl groups excluding tert-OH is 1. The molecule has 1 aliphatic rings. The van der Waals surface area contributed by atoms with E-state index in [4.69, 9.17) is 0 Å². The number of amides is 1. The first-order valence-electron chi connectivity index (χ1n) is 12.8. The van der Waals surface area contributed by atoms with Crippen molar-refractivity contribution < 1.29 is 24.0 Å². The Morgan fingerprint density at radius 3 is 2.08 bits per heavy atom. The lowest BCUT2D eigenvalue weighted by molar-refractivity contribution is -0.384. The number of nitrogens with zero attached hydrogens (tertiary/aromatic N) is 3. The van der Waals surface area contributed by atoms with Crippen molar-refractivity contribution in [3.8, 4) is 0 Å². The zero-order valence-corrected chi connectivity index (χ0v) is 21.4. The average Bonchev–Trinajstić information content (AvgIpc) is 3.15. The van der Waals surface area contributed by atoms with Crippen LogP contribution in [-0.2, 0) is 9.59 Å². The van der Waals surface area contributed by atoms with E-state index in [1.165, 1.54) is 53.4 Å². The largest absolute Gasteiger partial charge is 0.507 e. The number of likely N-dealkylation sites (tertiary alicyclic amines) is 1. The van der Waals surface area contributed by atoms with Gasteiger partial charge in [0.15, 0.2) is 0 Å². The summed E-state index contributed by atoms with van der Waals surface area (Å²) in [5.74, 6) is -2.44. The number of unbranched alkanes of at least 4 members (excludes halogenated alkanes) is 2. The average molecular weight is 512 g/mol. The fourth-order valence-corrected chi connectivity index (χ4v) is 4.56. The highest BCUT2D eigenvalue weighted by atomic mass is 19.1. The van der Waals surface area contributed by atoms with E-state index < -0.39 is 34.2 Å². The number of aliphatic hydroxyl groups is 1. The third kappa shape index (κ3) is 6.80. The first-order valence-corrected chi connectivity index (χ1v) is 12.8. The highest BCUT2D eigenvalue weighted by molar-refractivity contribution is 6.46. The third-order valence-electron chi connectivity index (χ3n) is 6.61. The van der Waals surface area contributed by atoms with Crippen LogP contribution in [0, 0.1) is 15.9 Å². The molecule has 1 amide bonds. The van der Waals surface area contributed by atoms with Gasteiger partial charge in [-0.25, -0.2) is 4.39 Å². The van der Waals surface area contributed by atoms with E-state index in [-0.39, 0.29) is 16.8 Å². The number of carbonyl (C=O) groups is 2. The van der Waals surface area contributed by atoms with Gasteiger partial charge in [-0.2, -0.15) is 0 Å². The molecule has 1 heterocycles. The fourth-order valence-electron chi connectivity index (χ4n) is 4.56. The van der Waals surface area contributed by atoms with Crippen molar-refractivity contribution in [3.63, 3.8) is 0 Å². The molecule has 0 unspecified atom stereocenters. The van der Waals surface area contributed by atoms with Gasteiger partial charge in [0.05, 0.1) is 16.5 Å². The Morgan fingerprint density at radius 2 is 1.54 bits per heavy atom. The van der Waals surface area contributed by atoms with Crippen LogP contribution in [0.25, 0.3) is 5.76 Å². The highest BCUT2D eigenvalue weighted by Gasteiger charge is 2.45. The Morgan fingerprint density at radius 1 is 0.973 bits per heavy atom. The second kappa shape index (κ2) is 13.1. The van der Waals surface area contributed by atoms with Crippen LogP contribution in [0.4, 0.5) is 10.1 Å². The summed E-state index contributed by atoms with van der Waals surface area (Å²) in [6.45, 7) is 7.28. The number of hydrogen-bond donors (Lipinski definition) is 1. The summed E-state index contributed by atoms with van der Waals surface area (Å²) in [6.07, 6.45) is 4.97. The number of carbonyl (C=O) groups excluding carboxylic acids is 2. The summed E-state index contributed by atoms with van der Waals surface area (Å²) < 4.78 is 13.7. The van der Waals surface area contributed by atoms with Crippen molar-refractivity contribution in [2.75, 3.05) is 26.2 Å². The van der Waals surface area contributed by atoms with E-state index in [9.17, 15) is 29.2 Å². The summed E-state index contributed by atoms with van der Waals surface area (Å²) in [4.78, 5) is 40.5. The lowest BCUT2D eigenvalue weighted by Gasteiger charge is -2.27. The molecule has 1 N–H and O–H groups in total. The predicted octanol–water partition coefficient (Wildman–Crippen LogP) is 5.45. The Kier molecular flexibility index (Phi) is 9.91. The van der Waals surface area contributed by atoms with Gasteiger partial charge in [-0.05, 0) is 68.7 Å². The van der Waals surface area contributed by atoms with Gasteiger partial charge in [-0.15, -0.1) is 0 Å². The maximum Gasteiger partial charge on any atom is 0.295 e. The topological polar surface area (TPSA) is 104 Å². The smallest absolute Gasteiger partial charge is 0.295 e. The van der Waals surface area contributed by atoms with Crippen molar-refractivity contribution in [2.45, 2.75) is 52.0 Å². The molecule has 1 fully saturated rings. The zero-order valence-electron chi connectivity index (χ0n) is 21.4. The normalized spacial score (nSPS) is 17.1. The van der Waals surface area contributed by atoms with Gasteiger partial charge in [0.25, 0.3) is 17.4 Å². The maximum absolute atomic E-state index is 13.7. The molecule has 2 aromatic rings. The zero-order chi connectivity index (χ0) is 26.9. The van der Waals surface area contributed by atoms with Crippen molar-refractivity contribution in [1.82, 2.24) is 9.80 Å². The molecule has 198 valence electrons. The van der Waals surface area contributed by atoms with Gasteiger partial charge in [0, 0.05) is 24.2 Å². The third-order valence-corrected chi connectivity index (χ3v) is 6.61. The van der Waals surface area contributed by atoms with E-state index in [1.807, 2.05) is 0 Å². The van der Waals surface area contributed by atoms with E-state index in [2.05, 4.69) is 18.7 Å².